The molecule has 0 aliphatic heterocycles. The van der Waals surface area contributed by atoms with E-state index in [-0.39, 0.29) is 0 Å². The Hall–Kier alpha value is -1.46. The minimum absolute atomic E-state index is 0.303. The van der Waals surface area contributed by atoms with Gasteiger partial charge < -0.3 is 9.84 Å². The van der Waals surface area contributed by atoms with Crippen molar-refractivity contribution in [2.24, 2.45) is 0 Å². The number of halogens is 1. The van der Waals surface area contributed by atoms with E-state index >= 15 is 0 Å². The number of thioether (sulfide) groups is 1. The molecule has 0 aromatic heterocycles. The zero-order chi connectivity index (χ0) is 14.5. The van der Waals surface area contributed by atoms with Gasteiger partial charge >= 0.3 is 5.97 Å². The number of aromatic carboxylic acids is 1. The van der Waals surface area contributed by atoms with Crippen LogP contribution in [0.15, 0.2) is 51.8 Å². The van der Waals surface area contributed by atoms with Gasteiger partial charge in [0.1, 0.15) is 5.75 Å². The molecule has 0 bridgehead atoms. The van der Waals surface area contributed by atoms with E-state index in [4.69, 9.17) is 9.84 Å². The van der Waals surface area contributed by atoms with E-state index in [9.17, 15) is 4.79 Å². The van der Waals surface area contributed by atoms with E-state index < -0.39 is 5.97 Å². The highest BCUT2D eigenvalue weighted by Crippen LogP contribution is 2.29. The van der Waals surface area contributed by atoms with Gasteiger partial charge in [-0.25, -0.2) is 4.79 Å². The van der Waals surface area contributed by atoms with Crippen LogP contribution in [0.2, 0.25) is 0 Å². The van der Waals surface area contributed by atoms with Crippen LogP contribution in [0.3, 0.4) is 0 Å². The molecule has 5 heteroatoms. The van der Waals surface area contributed by atoms with Crippen molar-refractivity contribution in [1.82, 2.24) is 0 Å². The molecule has 0 saturated carbocycles. The third kappa shape index (κ3) is 3.77. The number of hydrogen-bond donors (Lipinski definition) is 1. The maximum Gasteiger partial charge on any atom is 0.335 e. The first kappa shape index (κ1) is 14.9. The van der Waals surface area contributed by atoms with Gasteiger partial charge in [-0.2, -0.15) is 0 Å². The lowest BCUT2D eigenvalue weighted by Gasteiger charge is -2.07. The minimum Gasteiger partial charge on any atom is -0.497 e. The zero-order valence-electron chi connectivity index (χ0n) is 10.8. The molecule has 2 aromatic rings. The first-order chi connectivity index (χ1) is 9.60. The highest BCUT2D eigenvalue weighted by molar-refractivity contribution is 9.10. The lowest BCUT2D eigenvalue weighted by molar-refractivity contribution is 0.0697. The van der Waals surface area contributed by atoms with Crippen molar-refractivity contribution in [1.29, 1.82) is 0 Å². The topological polar surface area (TPSA) is 46.5 Å². The summed E-state index contributed by atoms with van der Waals surface area (Å²) in [5.74, 6) is 0.701. The summed E-state index contributed by atoms with van der Waals surface area (Å²) in [5, 5.41) is 8.85. The second-order valence-corrected chi connectivity index (χ2v) is 5.98. The fourth-order valence-electron chi connectivity index (χ4n) is 1.64. The van der Waals surface area contributed by atoms with Crippen molar-refractivity contribution in [2.45, 2.75) is 10.6 Å². The van der Waals surface area contributed by atoms with Crippen LogP contribution in [0, 0.1) is 0 Å². The highest BCUT2D eigenvalue weighted by atomic mass is 79.9. The number of benzene rings is 2. The van der Waals surface area contributed by atoms with Gasteiger partial charge in [-0.1, -0.05) is 15.9 Å². The molecule has 0 spiro atoms. The normalized spacial score (nSPS) is 10.3. The van der Waals surface area contributed by atoms with Gasteiger partial charge in [-0.3, -0.25) is 0 Å². The fourth-order valence-corrected chi connectivity index (χ4v) is 3.11. The molecule has 2 rings (SSSR count). The van der Waals surface area contributed by atoms with E-state index in [0.29, 0.717) is 5.56 Å². The molecule has 0 radical (unpaired) electrons. The third-order valence-corrected chi connectivity index (χ3v) is 4.58. The molecule has 0 heterocycles. The van der Waals surface area contributed by atoms with Crippen LogP contribution in [0.1, 0.15) is 15.9 Å². The molecule has 0 aliphatic rings. The van der Waals surface area contributed by atoms with E-state index in [0.717, 1.165) is 26.4 Å². The summed E-state index contributed by atoms with van der Waals surface area (Å²) in [6.45, 7) is 0. The van der Waals surface area contributed by atoms with Crippen molar-refractivity contribution >= 4 is 33.7 Å². The molecule has 1 N–H and O–H groups in total. The first-order valence-corrected chi connectivity index (χ1v) is 7.66. The molecule has 0 aliphatic carbocycles. The molecule has 20 heavy (non-hydrogen) atoms. The summed E-state index contributed by atoms with van der Waals surface area (Å²) < 4.78 is 6.24. The van der Waals surface area contributed by atoms with E-state index in [1.165, 1.54) is 0 Å². The average molecular weight is 353 g/mol. The minimum atomic E-state index is -0.905. The first-order valence-electron chi connectivity index (χ1n) is 5.88. The van der Waals surface area contributed by atoms with E-state index in [1.807, 2.05) is 30.3 Å². The SMILES string of the molecule is COc1ccc(Br)c(CSc2ccc(C(=O)O)cc2)c1. The largest absolute Gasteiger partial charge is 0.497 e. The second kappa shape index (κ2) is 6.81. The molecule has 0 amide bonds. The van der Waals surface area contributed by atoms with E-state index in [1.54, 1.807) is 31.0 Å². The molecule has 104 valence electrons. The number of methoxy groups -OCH3 is 1. The summed E-state index contributed by atoms with van der Waals surface area (Å²) in [6.07, 6.45) is 0. The molecular weight excluding hydrogens is 340 g/mol. The fraction of sp³-hybridized carbons (Fsp3) is 0.133. The van der Waals surface area contributed by atoms with Crippen molar-refractivity contribution in [2.75, 3.05) is 7.11 Å². The van der Waals surface area contributed by atoms with Gasteiger partial charge in [0.15, 0.2) is 0 Å². The lowest BCUT2D eigenvalue weighted by Crippen LogP contribution is -1.94. The Labute approximate surface area is 130 Å². The van der Waals surface area contributed by atoms with Crippen molar-refractivity contribution in [3.63, 3.8) is 0 Å². The van der Waals surface area contributed by atoms with Crippen LogP contribution in [0.4, 0.5) is 0 Å². The monoisotopic (exact) mass is 352 g/mol. The third-order valence-electron chi connectivity index (χ3n) is 2.75. The Morgan fingerprint density at radius 2 is 1.95 bits per heavy atom. The molecule has 0 saturated heterocycles. The summed E-state index contributed by atoms with van der Waals surface area (Å²) in [7, 11) is 1.64. The molecular formula is C15H13BrO3S. The zero-order valence-corrected chi connectivity index (χ0v) is 13.2. The standard InChI is InChI=1S/C15H13BrO3S/c1-19-12-4-7-14(16)11(8-12)9-20-13-5-2-10(3-6-13)15(17)18/h2-8H,9H2,1H3,(H,17,18). The van der Waals surface area contributed by atoms with Crippen molar-refractivity contribution in [3.8, 4) is 5.75 Å². The number of ether oxygens (including phenoxy) is 1. The Kier molecular flexibility index (Phi) is 5.09. The average Bonchev–Trinajstić information content (AvgIpc) is 2.47. The van der Waals surface area contributed by atoms with Crippen molar-refractivity contribution < 1.29 is 14.6 Å². The highest BCUT2D eigenvalue weighted by Gasteiger charge is 2.05. The summed E-state index contributed by atoms with van der Waals surface area (Å²) >= 11 is 5.17. The molecule has 0 fully saturated rings. The smallest absolute Gasteiger partial charge is 0.335 e. The molecule has 2 aromatic carbocycles. The van der Waals surface area contributed by atoms with Gasteiger partial charge in [0, 0.05) is 15.1 Å². The maximum absolute atomic E-state index is 10.8. The lowest BCUT2D eigenvalue weighted by atomic mass is 10.2. The maximum atomic E-state index is 10.8. The number of hydrogen-bond acceptors (Lipinski definition) is 3. The van der Waals surface area contributed by atoms with Gasteiger partial charge in [0.05, 0.1) is 12.7 Å². The van der Waals surface area contributed by atoms with Crippen molar-refractivity contribution in [3.05, 3.63) is 58.1 Å². The van der Waals surface area contributed by atoms with Crippen LogP contribution >= 0.6 is 27.7 Å². The molecule has 3 nitrogen and oxygen atoms in total. The molecule has 0 atom stereocenters. The second-order valence-electron chi connectivity index (χ2n) is 4.08. The predicted molar refractivity (Wildman–Crippen MR) is 83.7 cm³/mol. The van der Waals surface area contributed by atoms with Gasteiger partial charge in [0.25, 0.3) is 0 Å². The van der Waals surface area contributed by atoms with Crippen LogP contribution in [-0.4, -0.2) is 18.2 Å². The molecule has 0 unspecified atom stereocenters. The van der Waals surface area contributed by atoms with Crippen LogP contribution in [0.25, 0.3) is 0 Å². The number of carbonyl (C=O) groups is 1. The number of rotatable bonds is 5. The van der Waals surface area contributed by atoms with E-state index in [2.05, 4.69) is 15.9 Å². The summed E-state index contributed by atoms with van der Waals surface area (Å²) in [5.41, 5.74) is 1.44. The van der Waals surface area contributed by atoms with Crippen LogP contribution in [-0.2, 0) is 5.75 Å². The van der Waals surface area contributed by atoms with Gasteiger partial charge in [-0.05, 0) is 48.0 Å². The number of carboxylic acids is 1. The predicted octanol–water partition coefficient (Wildman–Crippen LogP) is 4.45. The summed E-state index contributed by atoms with van der Waals surface area (Å²) in [6, 6.07) is 12.7. The van der Waals surface area contributed by atoms with Crippen LogP contribution < -0.4 is 4.74 Å². The van der Waals surface area contributed by atoms with Gasteiger partial charge in [0.2, 0.25) is 0 Å². The Bertz CT molecular complexity index is 611. The number of carboxylic acid groups (broad SMARTS) is 1. The van der Waals surface area contributed by atoms with Gasteiger partial charge in [-0.15, -0.1) is 11.8 Å². The summed E-state index contributed by atoms with van der Waals surface area (Å²) in [4.78, 5) is 11.8. The van der Waals surface area contributed by atoms with Crippen LogP contribution in [0.5, 0.6) is 5.75 Å². The quantitative estimate of drug-likeness (QED) is 0.807. The Balaban J connectivity index is 2.06. The Morgan fingerprint density at radius 1 is 1.25 bits per heavy atom. The Morgan fingerprint density at radius 3 is 2.55 bits per heavy atom.